The fraction of sp³-hybridized carbons (Fsp3) is 0.195. The summed E-state index contributed by atoms with van der Waals surface area (Å²) in [5.74, 6) is 0. The maximum absolute atomic E-state index is 13.6. The van der Waals surface area contributed by atoms with E-state index in [1.807, 2.05) is 26.8 Å². The SMILES string of the molecule is B[PH]1([C@@H](c2ccccc2)[C@@H](NC(=O)OC(C)(C)C)c2ccccc2)Cc2ccc3ccccc3c2-c2c(ccc3ccccc23)C1. The number of ether oxygens (including phenoxy) is 1. The van der Waals surface area contributed by atoms with Gasteiger partial charge >= 0.3 is 274 Å². The van der Waals surface area contributed by atoms with E-state index in [-0.39, 0.29) is 17.8 Å². The van der Waals surface area contributed by atoms with Crippen LogP contribution in [0.15, 0.2) is 133 Å². The second kappa shape index (κ2) is 12.1. The zero-order valence-electron chi connectivity index (χ0n) is 27.1. The van der Waals surface area contributed by atoms with Crippen LogP contribution in [-0.2, 0) is 17.1 Å². The quantitative estimate of drug-likeness (QED) is 0.154. The first-order valence-electron chi connectivity index (χ1n) is 16.3. The number of hydrogen-bond donors (Lipinski definition) is 1. The van der Waals surface area contributed by atoms with Crippen LogP contribution in [0.25, 0.3) is 32.7 Å². The van der Waals surface area contributed by atoms with Gasteiger partial charge in [0.1, 0.15) is 0 Å². The van der Waals surface area contributed by atoms with E-state index in [2.05, 4.69) is 140 Å². The van der Waals surface area contributed by atoms with E-state index >= 15 is 0 Å². The molecule has 230 valence electrons. The van der Waals surface area contributed by atoms with Gasteiger partial charge in [0.15, 0.2) is 0 Å². The van der Waals surface area contributed by atoms with Crippen LogP contribution < -0.4 is 5.32 Å². The van der Waals surface area contributed by atoms with Crippen molar-refractivity contribution in [1.29, 1.82) is 0 Å². The Kier molecular flexibility index (Phi) is 7.95. The van der Waals surface area contributed by atoms with Crippen molar-refractivity contribution in [1.82, 2.24) is 5.32 Å². The Morgan fingerprint density at radius 3 is 1.61 bits per heavy atom. The van der Waals surface area contributed by atoms with E-state index in [4.69, 9.17) is 4.74 Å². The number of fused-ring (bicyclic) bond motifs is 7. The molecule has 6 aromatic rings. The normalized spacial score (nSPS) is 16.0. The van der Waals surface area contributed by atoms with E-state index in [0.717, 1.165) is 17.9 Å². The zero-order chi connectivity index (χ0) is 31.9. The third-order valence-electron chi connectivity index (χ3n) is 9.54. The standard InChI is InChI=1S/C41H41BNO2P/c1-41(2,3)45-40(44)43-38(30-16-6-4-7-17-30)39(31-18-8-5-9-19-31)46(42)26-32-24-22-28-14-10-12-20-34(28)36(32)37-33(27-46)25-23-29-15-11-13-21-35(29)37/h4-25,38-39,46H,26-27,42H2,1-3H3,(H,43,44)/t38-,39-/m0/s1. The summed E-state index contributed by atoms with van der Waals surface area (Å²) in [5.41, 5.74) is 7.35. The molecule has 3 nitrogen and oxygen atoms in total. The molecule has 0 fully saturated rings. The van der Waals surface area contributed by atoms with Gasteiger partial charge in [-0.15, -0.1) is 0 Å². The van der Waals surface area contributed by atoms with E-state index in [9.17, 15) is 4.79 Å². The monoisotopic (exact) mass is 621 g/mol. The summed E-state index contributed by atoms with van der Waals surface area (Å²) in [4.78, 5) is 13.6. The second-order valence-corrected chi connectivity index (χ2v) is 18.7. The molecule has 1 amide bonds. The van der Waals surface area contributed by atoms with Gasteiger partial charge in [-0.05, 0) is 0 Å². The summed E-state index contributed by atoms with van der Waals surface area (Å²) in [6.07, 6.45) is 1.58. The predicted molar refractivity (Wildman–Crippen MR) is 199 cm³/mol. The molecule has 0 aromatic heterocycles. The Hall–Kier alpha value is -4.40. The molecule has 1 N–H and O–H groups in total. The van der Waals surface area contributed by atoms with Crippen molar-refractivity contribution in [2.45, 2.75) is 50.4 Å². The predicted octanol–water partition coefficient (Wildman–Crippen LogP) is 9.98. The van der Waals surface area contributed by atoms with E-state index < -0.39 is 12.7 Å². The van der Waals surface area contributed by atoms with Crippen molar-refractivity contribution in [3.8, 4) is 11.1 Å². The van der Waals surface area contributed by atoms with Crippen LogP contribution in [0, 0.1) is 0 Å². The topological polar surface area (TPSA) is 38.3 Å². The number of carbonyl (C=O) groups is 1. The number of carbonyl (C=O) groups excluding carboxylic acids is 1. The van der Waals surface area contributed by atoms with Crippen molar-refractivity contribution in [3.63, 3.8) is 0 Å². The van der Waals surface area contributed by atoms with Gasteiger partial charge in [0.2, 0.25) is 0 Å². The number of alkyl carbamates (subject to hydrolysis) is 1. The number of benzene rings is 6. The first-order chi connectivity index (χ1) is 22.2. The van der Waals surface area contributed by atoms with Crippen LogP contribution in [0.4, 0.5) is 4.79 Å². The van der Waals surface area contributed by atoms with Crippen LogP contribution >= 0.6 is 7.14 Å². The number of nitrogens with one attached hydrogen (secondary N) is 1. The van der Waals surface area contributed by atoms with Crippen LogP contribution in [0.1, 0.15) is 54.7 Å². The Bertz CT molecular complexity index is 1950. The molecule has 0 bridgehead atoms. The van der Waals surface area contributed by atoms with E-state index in [0.29, 0.717) is 0 Å². The van der Waals surface area contributed by atoms with Crippen LogP contribution in [-0.4, -0.2) is 19.3 Å². The molecule has 5 heteroatoms. The summed E-state index contributed by atoms with van der Waals surface area (Å²) in [5, 5.41) is 8.55. The van der Waals surface area contributed by atoms with Gasteiger partial charge in [0.05, 0.1) is 0 Å². The van der Waals surface area contributed by atoms with Crippen molar-refractivity contribution in [3.05, 3.63) is 156 Å². The van der Waals surface area contributed by atoms with Crippen molar-refractivity contribution < 1.29 is 9.53 Å². The van der Waals surface area contributed by atoms with Gasteiger partial charge in [0.25, 0.3) is 0 Å². The van der Waals surface area contributed by atoms with Crippen LogP contribution in [0.2, 0.25) is 0 Å². The Balaban J connectivity index is 1.48. The maximum atomic E-state index is 13.6. The van der Waals surface area contributed by atoms with Gasteiger partial charge in [-0.25, -0.2) is 0 Å². The third kappa shape index (κ3) is 5.83. The Labute approximate surface area is 273 Å². The minimum atomic E-state index is -2.38. The minimum absolute atomic E-state index is 0.0698. The van der Waals surface area contributed by atoms with Gasteiger partial charge in [0, 0.05) is 0 Å². The van der Waals surface area contributed by atoms with Crippen LogP contribution in [0.5, 0.6) is 0 Å². The molecule has 1 aliphatic rings. The van der Waals surface area contributed by atoms with Gasteiger partial charge in [-0.3, -0.25) is 0 Å². The van der Waals surface area contributed by atoms with Gasteiger partial charge < -0.3 is 0 Å². The molecule has 0 saturated heterocycles. The fourth-order valence-electron chi connectivity index (χ4n) is 7.78. The molecule has 6 aromatic carbocycles. The molecule has 0 unspecified atom stereocenters. The summed E-state index contributed by atoms with van der Waals surface area (Å²) in [6, 6.07) is 48.0. The first kappa shape index (κ1) is 30.3. The molecule has 0 radical (unpaired) electrons. The van der Waals surface area contributed by atoms with E-state index in [1.54, 1.807) is 0 Å². The zero-order valence-corrected chi connectivity index (χ0v) is 28.1. The molecule has 2 atom stereocenters. The summed E-state index contributed by atoms with van der Waals surface area (Å²) in [6.45, 7) is 5.76. The van der Waals surface area contributed by atoms with Crippen molar-refractivity contribution in [2.75, 3.05) is 0 Å². The van der Waals surface area contributed by atoms with Crippen LogP contribution in [0.3, 0.4) is 0 Å². The van der Waals surface area contributed by atoms with Gasteiger partial charge in [-0.2, -0.15) is 0 Å². The van der Waals surface area contributed by atoms with Crippen molar-refractivity contribution >= 4 is 42.3 Å². The summed E-state index contributed by atoms with van der Waals surface area (Å²) < 4.78 is 5.89. The third-order valence-corrected chi connectivity index (χ3v) is 14.1. The molecular formula is C41H41BNO2P. The van der Waals surface area contributed by atoms with Gasteiger partial charge in [-0.1, -0.05) is 0 Å². The average molecular weight is 622 g/mol. The molecule has 0 spiro atoms. The molecule has 1 aliphatic heterocycles. The molecule has 46 heavy (non-hydrogen) atoms. The Morgan fingerprint density at radius 2 is 1.11 bits per heavy atom. The van der Waals surface area contributed by atoms with Crippen molar-refractivity contribution in [2.24, 2.45) is 0 Å². The average Bonchev–Trinajstić information content (AvgIpc) is 3.18. The molecule has 0 aliphatic carbocycles. The Morgan fingerprint density at radius 1 is 0.652 bits per heavy atom. The molecule has 7 rings (SSSR count). The molecule has 1 heterocycles. The second-order valence-electron chi connectivity index (χ2n) is 14.1. The first-order valence-corrected chi connectivity index (χ1v) is 19.3. The number of amides is 1. The summed E-state index contributed by atoms with van der Waals surface area (Å²) >= 11 is 0. The molecular weight excluding hydrogens is 580 g/mol. The number of hydrogen-bond acceptors (Lipinski definition) is 2. The number of rotatable bonds is 5. The fourth-order valence-corrected chi connectivity index (χ4v) is 12.8. The molecule has 0 saturated carbocycles. The summed E-state index contributed by atoms with van der Waals surface area (Å²) in [7, 11) is 0.180. The van der Waals surface area contributed by atoms with E-state index in [1.165, 1.54) is 49.4 Å².